The Kier molecular flexibility index (Phi) is 5.40. The van der Waals surface area contributed by atoms with E-state index in [9.17, 15) is 0 Å². The molecule has 2 aromatic heterocycles. The summed E-state index contributed by atoms with van der Waals surface area (Å²) in [6.07, 6.45) is 2.01. The van der Waals surface area contributed by atoms with Gasteiger partial charge in [-0.3, -0.25) is 9.58 Å². The Hall–Kier alpha value is -2.02. The van der Waals surface area contributed by atoms with Crippen molar-refractivity contribution < 1.29 is 5.11 Å². The van der Waals surface area contributed by atoms with Crippen molar-refractivity contribution in [3.63, 3.8) is 0 Å². The molecule has 24 heavy (non-hydrogen) atoms. The molecule has 126 valence electrons. The van der Waals surface area contributed by atoms with Crippen LogP contribution in [0.2, 0.25) is 0 Å². The van der Waals surface area contributed by atoms with Crippen LogP contribution in [0.15, 0.2) is 41.9 Å². The first-order chi connectivity index (χ1) is 11.7. The molecule has 0 amide bonds. The highest BCUT2D eigenvalue weighted by Gasteiger charge is 2.10. The van der Waals surface area contributed by atoms with Crippen LogP contribution in [0.25, 0.3) is 10.6 Å². The number of nitrogens with zero attached hydrogens (tertiary/aromatic N) is 4. The van der Waals surface area contributed by atoms with Gasteiger partial charge in [0.15, 0.2) is 0 Å². The highest BCUT2D eigenvalue weighted by molar-refractivity contribution is 7.13. The number of aromatic nitrogens is 3. The molecule has 0 aliphatic heterocycles. The third kappa shape index (κ3) is 4.08. The van der Waals surface area contributed by atoms with Crippen molar-refractivity contribution in [3.05, 3.63) is 58.9 Å². The fourth-order valence-corrected chi connectivity index (χ4v) is 3.46. The fraction of sp³-hybridized carbons (Fsp3) is 0.333. The summed E-state index contributed by atoms with van der Waals surface area (Å²) < 4.78 is 1.80. The zero-order valence-corrected chi connectivity index (χ0v) is 14.8. The van der Waals surface area contributed by atoms with Crippen LogP contribution in [-0.4, -0.2) is 38.4 Å². The van der Waals surface area contributed by atoms with E-state index in [1.54, 1.807) is 16.0 Å². The minimum absolute atomic E-state index is 0.109. The first-order valence-electron chi connectivity index (χ1n) is 7.98. The Morgan fingerprint density at radius 1 is 1.21 bits per heavy atom. The van der Waals surface area contributed by atoms with Crippen LogP contribution in [0.4, 0.5) is 0 Å². The van der Waals surface area contributed by atoms with Gasteiger partial charge in [0.05, 0.1) is 24.5 Å². The highest BCUT2D eigenvalue weighted by atomic mass is 32.1. The van der Waals surface area contributed by atoms with Gasteiger partial charge in [0, 0.05) is 35.8 Å². The smallest absolute Gasteiger partial charge is 0.123 e. The van der Waals surface area contributed by atoms with Crippen molar-refractivity contribution in [2.24, 2.45) is 0 Å². The molecule has 3 rings (SSSR count). The Balaban J connectivity index is 1.63. The number of rotatable bonds is 7. The Labute approximate surface area is 146 Å². The number of benzene rings is 1. The Morgan fingerprint density at radius 2 is 2.00 bits per heavy atom. The summed E-state index contributed by atoms with van der Waals surface area (Å²) in [4.78, 5) is 6.98. The normalized spacial score (nSPS) is 11.3. The van der Waals surface area contributed by atoms with E-state index in [-0.39, 0.29) is 6.61 Å². The number of aliphatic hydroxyl groups excluding tert-OH is 1. The lowest BCUT2D eigenvalue weighted by Gasteiger charge is -2.14. The molecule has 2 heterocycles. The first kappa shape index (κ1) is 16.8. The summed E-state index contributed by atoms with van der Waals surface area (Å²) in [6.45, 7) is 4.27. The molecule has 1 N–H and O–H groups in total. The van der Waals surface area contributed by atoms with Crippen molar-refractivity contribution in [1.29, 1.82) is 0 Å². The lowest BCUT2D eigenvalue weighted by molar-refractivity contribution is 0.269. The van der Waals surface area contributed by atoms with E-state index >= 15 is 0 Å². The van der Waals surface area contributed by atoms with E-state index in [1.165, 1.54) is 5.56 Å². The van der Waals surface area contributed by atoms with Crippen LogP contribution in [-0.2, 0) is 19.6 Å². The topological polar surface area (TPSA) is 54.2 Å². The van der Waals surface area contributed by atoms with Crippen LogP contribution < -0.4 is 0 Å². The SMILES string of the molecule is Cc1nn(CCO)cc1CN(C)Cc1csc(-c2ccccc2)n1. The van der Waals surface area contributed by atoms with E-state index in [0.717, 1.165) is 35.0 Å². The van der Waals surface area contributed by atoms with E-state index < -0.39 is 0 Å². The average molecular weight is 342 g/mol. The second-order valence-corrected chi connectivity index (χ2v) is 6.77. The lowest BCUT2D eigenvalue weighted by Crippen LogP contribution is -2.17. The molecular formula is C18H22N4OS. The van der Waals surface area contributed by atoms with Crippen LogP contribution in [0, 0.1) is 6.92 Å². The van der Waals surface area contributed by atoms with Gasteiger partial charge in [-0.05, 0) is 14.0 Å². The number of thiazole rings is 1. The third-order valence-corrected chi connectivity index (χ3v) is 4.76. The zero-order valence-electron chi connectivity index (χ0n) is 14.0. The van der Waals surface area contributed by atoms with Gasteiger partial charge in [-0.2, -0.15) is 5.10 Å². The molecule has 0 radical (unpaired) electrons. The maximum absolute atomic E-state index is 9.01. The van der Waals surface area contributed by atoms with Gasteiger partial charge >= 0.3 is 0 Å². The average Bonchev–Trinajstić information content (AvgIpc) is 3.16. The summed E-state index contributed by atoms with van der Waals surface area (Å²) >= 11 is 1.68. The number of hydrogen-bond donors (Lipinski definition) is 1. The van der Waals surface area contributed by atoms with Gasteiger partial charge in [0.25, 0.3) is 0 Å². The van der Waals surface area contributed by atoms with Crippen molar-refractivity contribution in [2.75, 3.05) is 13.7 Å². The predicted octanol–water partition coefficient (Wildman–Crippen LogP) is 2.94. The summed E-state index contributed by atoms with van der Waals surface area (Å²) in [5, 5.41) is 16.6. The van der Waals surface area contributed by atoms with E-state index in [1.807, 2.05) is 31.3 Å². The molecule has 0 spiro atoms. The largest absolute Gasteiger partial charge is 0.394 e. The number of aliphatic hydroxyl groups is 1. The number of aryl methyl sites for hydroxylation is 1. The van der Waals surface area contributed by atoms with Crippen molar-refractivity contribution in [1.82, 2.24) is 19.7 Å². The molecule has 0 saturated carbocycles. The van der Waals surface area contributed by atoms with Crippen LogP contribution in [0.1, 0.15) is 17.0 Å². The highest BCUT2D eigenvalue weighted by Crippen LogP contribution is 2.24. The molecule has 6 heteroatoms. The van der Waals surface area contributed by atoms with Crippen molar-refractivity contribution in [2.45, 2.75) is 26.6 Å². The van der Waals surface area contributed by atoms with Gasteiger partial charge in [0.1, 0.15) is 5.01 Å². The molecule has 0 atom stereocenters. The first-order valence-corrected chi connectivity index (χ1v) is 8.86. The fourth-order valence-electron chi connectivity index (χ4n) is 2.65. The minimum atomic E-state index is 0.109. The second-order valence-electron chi connectivity index (χ2n) is 5.91. The maximum atomic E-state index is 9.01. The molecule has 0 unspecified atom stereocenters. The van der Waals surface area contributed by atoms with E-state index in [4.69, 9.17) is 10.1 Å². The van der Waals surface area contributed by atoms with Crippen LogP contribution in [0.3, 0.4) is 0 Å². The molecule has 0 saturated heterocycles. The molecular weight excluding hydrogens is 320 g/mol. The molecule has 0 fully saturated rings. The van der Waals surface area contributed by atoms with Gasteiger partial charge in [-0.1, -0.05) is 30.3 Å². The molecule has 0 aliphatic rings. The monoisotopic (exact) mass is 342 g/mol. The molecule has 0 aliphatic carbocycles. The summed E-state index contributed by atoms with van der Waals surface area (Å²) in [7, 11) is 2.09. The van der Waals surface area contributed by atoms with Gasteiger partial charge < -0.3 is 5.11 Å². The van der Waals surface area contributed by atoms with E-state index in [0.29, 0.717) is 6.54 Å². The summed E-state index contributed by atoms with van der Waals surface area (Å²) in [6, 6.07) is 10.3. The minimum Gasteiger partial charge on any atom is -0.394 e. The maximum Gasteiger partial charge on any atom is 0.123 e. The van der Waals surface area contributed by atoms with Crippen LogP contribution >= 0.6 is 11.3 Å². The van der Waals surface area contributed by atoms with Gasteiger partial charge in [-0.25, -0.2) is 4.98 Å². The zero-order chi connectivity index (χ0) is 16.9. The Bertz CT molecular complexity index is 781. The van der Waals surface area contributed by atoms with Crippen molar-refractivity contribution in [3.8, 4) is 10.6 Å². The molecule has 3 aromatic rings. The molecule has 5 nitrogen and oxygen atoms in total. The van der Waals surface area contributed by atoms with Crippen molar-refractivity contribution >= 4 is 11.3 Å². The Morgan fingerprint density at radius 3 is 2.75 bits per heavy atom. The quantitative estimate of drug-likeness (QED) is 0.717. The van der Waals surface area contributed by atoms with Crippen LogP contribution in [0.5, 0.6) is 0 Å². The molecule has 0 bridgehead atoms. The number of hydrogen-bond acceptors (Lipinski definition) is 5. The van der Waals surface area contributed by atoms with Gasteiger partial charge in [0.2, 0.25) is 0 Å². The summed E-state index contributed by atoms with van der Waals surface area (Å²) in [5.74, 6) is 0. The van der Waals surface area contributed by atoms with Gasteiger partial charge in [-0.15, -0.1) is 11.3 Å². The van der Waals surface area contributed by atoms with E-state index in [2.05, 4.69) is 34.6 Å². The lowest BCUT2D eigenvalue weighted by atomic mass is 10.2. The molecule has 1 aromatic carbocycles. The second kappa shape index (κ2) is 7.70. The third-order valence-electron chi connectivity index (χ3n) is 3.82. The standard InChI is InChI=1S/C18H22N4OS/c1-14-16(11-22(20-14)8-9-23)10-21(2)12-17-13-24-18(19-17)15-6-4-3-5-7-15/h3-7,11,13,23H,8-10,12H2,1-2H3. The summed E-state index contributed by atoms with van der Waals surface area (Å²) in [5.41, 5.74) is 4.45. The predicted molar refractivity (Wildman–Crippen MR) is 96.8 cm³/mol.